The number of hydrogen-bond donors (Lipinski definition) is 1. The molecule has 1 aromatic heterocycles. The highest BCUT2D eigenvalue weighted by Gasteiger charge is 2.07. The molecule has 0 aliphatic heterocycles. The summed E-state index contributed by atoms with van der Waals surface area (Å²) in [6.07, 6.45) is 4.93. The molecule has 1 N–H and O–H groups in total. The first-order valence-electron chi connectivity index (χ1n) is 9.23. The second kappa shape index (κ2) is 9.53. The summed E-state index contributed by atoms with van der Waals surface area (Å²) in [7, 11) is 5.81. The third kappa shape index (κ3) is 5.44. The zero-order valence-electron chi connectivity index (χ0n) is 16.4. The van der Waals surface area contributed by atoms with E-state index < -0.39 is 0 Å². The Morgan fingerprint density at radius 2 is 1.86 bits per heavy atom. The van der Waals surface area contributed by atoms with E-state index in [2.05, 4.69) is 29.3 Å². The Bertz CT molecular complexity index is 955. The summed E-state index contributed by atoms with van der Waals surface area (Å²) in [4.78, 5) is 11.5. The van der Waals surface area contributed by atoms with Gasteiger partial charge in [-0.1, -0.05) is 29.8 Å². The second-order valence-electron chi connectivity index (χ2n) is 6.78. The van der Waals surface area contributed by atoms with Gasteiger partial charge in [0.2, 0.25) is 0 Å². The van der Waals surface area contributed by atoms with Crippen molar-refractivity contribution in [3.05, 3.63) is 58.9 Å². The number of methoxy groups -OCH3 is 1. The molecule has 0 saturated carbocycles. The van der Waals surface area contributed by atoms with E-state index in [9.17, 15) is 0 Å². The van der Waals surface area contributed by atoms with Crippen molar-refractivity contribution in [2.45, 2.75) is 6.42 Å². The van der Waals surface area contributed by atoms with Crippen LogP contribution in [0.1, 0.15) is 17.8 Å². The summed E-state index contributed by atoms with van der Waals surface area (Å²) < 4.78 is 5.20. The Labute approximate surface area is 171 Å². The number of nitrogens with one attached hydrogen (secondary N) is 1. The van der Waals surface area contributed by atoms with Gasteiger partial charge in [-0.05, 0) is 69.0 Å². The molecule has 0 saturated heterocycles. The molecule has 2 aromatic carbocycles. The topological polar surface area (TPSA) is 50.3 Å². The van der Waals surface area contributed by atoms with Crippen molar-refractivity contribution in [2.75, 3.05) is 39.6 Å². The maximum absolute atomic E-state index is 6.17. The number of nitrogens with zero attached hydrogens (tertiary/aromatic N) is 3. The molecule has 6 heteroatoms. The lowest BCUT2D eigenvalue weighted by atomic mass is 10.2. The SMILES string of the molecule is COc1ccc(C=Cc2nc(NCCCN(C)C)c3ccc(Cl)cc3n2)cc1. The Balaban J connectivity index is 1.85. The van der Waals surface area contributed by atoms with Crippen LogP contribution in [-0.4, -0.2) is 49.2 Å². The van der Waals surface area contributed by atoms with Crippen LogP contribution in [-0.2, 0) is 0 Å². The summed E-state index contributed by atoms with van der Waals surface area (Å²) >= 11 is 6.17. The number of benzene rings is 2. The molecule has 146 valence electrons. The summed E-state index contributed by atoms with van der Waals surface area (Å²) in [6.45, 7) is 1.86. The Kier molecular flexibility index (Phi) is 6.85. The fraction of sp³-hybridized carbons (Fsp3) is 0.273. The summed E-state index contributed by atoms with van der Waals surface area (Å²) in [5.41, 5.74) is 1.88. The molecule has 0 aliphatic rings. The number of anilines is 1. The Morgan fingerprint density at radius 3 is 2.57 bits per heavy atom. The molecule has 0 bridgehead atoms. The number of halogens is 1. The number of ether oxygens (including phenoxy) is 1. The van der Waals surface area contributed by atoms with Crippen LogP contribution in [0.4, 0.5) is 5.82 Å². The minimum atomic E-state index is 0.640. The fourth-order valence-corrected chi connectivity index (χ4v) is 2.98. The lowest BCUT2D eigenvalue weighted by molar-refractivity contribution is 0.405. The van der Waals surface area contributed by atoms with Crippen LogP contribution in [0, 0.1) is 0 Å². The van der Waals surface area contributed by atoms with E-state index in [1.165, 1.54) is 0 Å². The second-order valence-corrected chi connectivity index (χ2v) is 7.22. The third-order valence-corrected chi connectivity index (χ3v) is 4.53. The Morgan fingerprint density at radius 1 is 1.07 bits per heavy atom. The predicted octanol–water partition coefficient (Wildman–Crippen LogP) is 4.83. The molecular weight excluding hydrogens is 372 g/mol. The zero-order chi connectivity index (χ0) is 19.9. The molecule has 0 unspecified atom stereocenters. The number of aromatic nitrogens is 2. The van der Waals surface area contributed by atoms with Crippen LogP contribution >= 0.6 is 11.6 Å². The van der Waals surface area contributed by atoms with Gasteiger partial charge in [0.1, 0.15) is 11.6 Å². The molecule has 1 heterocycles. The summed E-state index contributed by atoms with van der Waals surface area (Å²) in [5, 5.41) is 5.08. The van der Waals surface area contributed by atoms with Crippen molar-refractivity contribution in [1.29, 1.82) is 0 Å². The Hall–Kier alpha value is -2.63. The molecule has 0 radical (unpaired) electrons. The molecule has 0 spiro atoms. The van der Waals surface area contributed by atoms with Crippen LogP contribution in [0.25, 0.3) is 23.1 Å². The molecule has 3 aromatic rings. The normalized spacial score (nSPS) is 11.5. The highest BCUT2D eigenvalue weighted by Crippen LogP contribution is 2.24. The van der Waals surface area contributed by atoms with Gasteiger partial charge in [0.25, 0.3) is 0 Å². The number of rotatable bonds is 8. The van der Waals surface area contributed by atoms with Crippen molar-refractivity contribution in [3.63, 3.8) is 0 Å². The standard InChI is InChI=1S/C22H25ClN4O/c1-27(2)14-4-13-24-22-19-11-8-17(23)15-20(19)25-21(26-22)12-7-16-5-9-18(28-3)10-6-16/h5-12,15H,4,13-14H2,1-3H3,(H,24,25,26). The third-order valence-electron chi connectivity index (χ3n) is 4.29. The van der Waals surface area contributed by atoms with Gasteiger partial charge in [-0.25, -0.2) is 9.97 Å². The summed E-state index contributed by atoms with van der Waals surface area (Å²) in [5.74, 6) is 2.30. The highest BCUT2D eigenvalue weighted by atomic mass is 35.5. The van der Waals surface area contributed by atoms with Crippen molar-refractivity contribution in [3.8, 4) is 5.75 Å². The van der Waals surface area contributed by atoms with Gasteiger partial charge >= 0.3 is 0 Å². The van der Waals surface area contributed by atoms with E-state index >= 15 is 0 Å². The molecular formula is C22H25ClN4O. The van der Waals surface area contributed by atoms with E-state index in [0.717, 1.165) is 47.5 Å². The van der Waals surface area contributed by atoms with Gasteiger partial charge in [0.15, 0.2) is 5.82 Å². The maximum Gasteiger partial charge on any atom is 0.154 e. The van der Waals surface area contributed by atoms with Crippen LogP contribution in [0.5, 0.6) is 5.75 Å². The molecule has 0 amide bonds. The van der Waals surface area contributed by atoms with Gasteiger partial charge < -0.3 is 15.0 Å². The van der Waals surface area contributed by atoms with Crippen LogP contribution in [0.3, 0.4) is 0 Å². The van der Waals surface area contributed by atoms with E-state index in [4.69, 9.17) is 21.3 Å². The minimum Gasteiger partial charge on any atom is -0.497 e. The predicted molar refractivity (Wildman–Crippen MR) is 118 cm³/mol. The van der Waals surface area contributed by atoms with Gasteiger partial charge in [-0.2, -0.15) is 0 Å². The van der Waals surface area contributed by atoms with E-state index in [1.807, 2.05) is 54.6 Å². The van der Waals surface area contributed by atoms with Crippen LogP contribution < -0.4 is 10.1 Å². The minimum absolute atomic E-state index is 0.640. The van der Waals surface area contributed by atoms with E-state index in [-0.39, 0.29) is 0 Å². The lowest BCUT2D eigenvalue weighted by Gasteiger charge is -2.12. The first-order chi connectivity index (χ1) is 13.5. The van der Waals surface area contributed by atoms with Crippen molar-refractivity contribution < 1.29 is 4.74 Å². The monoisotopic (exact) mass is 396 g/mol. The molecule has 0 atom stereocenters. The number of hydrogen-bond acceptors (Lipinski definition) is 5. The molecule has 0 fully saturated rings. The first-order valence-corrected chi connectivity index (χ1v) is 9.61. The fourth-order valence-electron chi connectivity index (χ4n) is 2.82. The van der Waals surface area contributed by atoms with Gasteiger partial charge in [0, 0.05) is 17.0 Å². The molecule has 0 aliphatic carbocycles. The van der Waals surface area contributed by atoms with Crippen molar-refractivity contribution in [1.82, 2.24) is 14.9 Å². The van der Waals surface area contributed by atoms with Crippen LogP contribution in [0.15, 0.2) is 42.5 Å². The van der Waals surface area contributed by atoms with E-state index in [1.54, 1.807) is 7.11 Å². The average Bonchev–Trinajstić information content (AvgIpc) is 2.69. The smallest absolute Gasteiger partial charge is 0.154 e. The highest BCUT2D eigenvalue weighted by molar-refractivity contribution is 6.31. The quantitative estimate of drug-likeness (QED) is 0.553. The maximum atomic E-state index is 6.17. The largest absolute Gasteiger partial charge is 0.497 e. The molecule has 28 heavy (non-hydrogen) atoms. The lowest BCUT2D eigenvalue weighted by Crippen LogP contribution is -2.17. The van der Waals surface area contributed by atoms with Gasteiger partial charge in [-0.3, -0.25) is 0 Å². The summed E-state index contributed by atoms with van der Waals surface area (Å²) in [6, 6.07) is 13.5. The number of fused-ring (bicyclic) bond motifs is 1. The zero-order valence-corrected chi connectivity index (χ0v) is 17.2. The molecule has 3 rings (SSSR count). The van der Waals surface area contributed by atoms with Crippen LogP contribution in [0.2, 0.25) is 5.02 Å². The van der Waals surface area contributed by atoms with Crippen molar-refractivity contribution in [2.24, 2.45) is 0 Å². The molecule has 5 nitrogen and oxygen atoms in total. The van der Waals surface area contributed by atoms with Crippen molar-refractivity contribution >= 4 is 40.5 Å². The van der Waals surface area contributed by atoms with Gasteiger partial charge in [0.05, 0.1) is 12.6 Å². The average molecular weight is 397 g/mol. The van der Waals surface area contributed by atoms with Gasteiger partial charge in [-0.15, -0.1) is 0 Å². The van der Waals surface area contributed by atoms with E-state index in [0.29, 0.717) is 10.8 Å². The first kappa shape index (κ1) is 20.1.